The number of amides is 1. The van der Waals surface area contributed by atoms with Gasteiger partial charge in [-0.05, 0) is 23.6 Å². The van der Waals surface area contributed by atoms with Crippen LogP contribution in [0.4, 0.5) is 11.5 Å². The zero-order valence-corrected chi connectivity index (χ0v) is 17.2. The van der Waals surface area contributed by atoms with E-state index >= 15 is 0 Å². The summed E-state index contributed by atoms with van der Waals surface area (Å²) < 4.78 is 5.38. The predicted octanol–water partition coefficient (Wildman–Crippen LogP) is 2.48. The van der Waals surface area contributed by atoms with Crippen molar-refractivity contribution in [1.82, 2.24) is 9.97 Å². The summed E-state index contributed by atoms with van der Waals surface area (Å²) in [6.07, 6.45) is 0.800. The first-order valence-corrected chi connectivity index (χ1v) is 10.6. The highest BCUT2D eigenvalue weighted by atomic mass is 16.5. The van der Waals surface area contributed by atoms with Crippen molar-refractivity contribution < 1.29 is 9.53 Å². The normalized spacial score (nSPS) is 18.1. The number of carbonyl (C=O) groups excluding carboxylic acids is 1. The van der Waals surface area contributed by atoms with Gasteiger partial charge in [0.15, 0.2) is 0 Å². The van der Waals surface area contributed by atoms with Crippen molar-refractivity contribution in [3.8, 4) is 0 Å². The Morgan fingerprint density at radius 1 is 1.06 bits per heavy atom. The Bertz CT molecular complexity index is 1140. The number of aromatic nitrogens is 2. The highest BCUT2D eigenvalue weighted by molar-refractivity contribution is 5.97. The van der Waals surface area contributed by atoms with Crippen LogP contribution in [0.1, 0.15) is 23.0 Å². The van der Waals surface area contributed by atoms with Crippen molar-refractivity contribution in [2.24, 2.45) is 0 Å². The molecule has 2 aromatic carbocycles. The Hall–Kier alpha value is -3.45. The van der Waals surface area contributed by atoms with E-state index in [1.54, 1.807) is 0 Å². The van der Waals surface area contributed by atoms with Gasteiger partial charge in [-0.25, -0.2) is 4.98 Å². The number of morpholine rings is 1. The number of rotatable bonds is 4. The van der Waals surface area contributed by atoms with Crippen molar-refractivity contribution in [1.29, 1.82) is 0 Å². The number of para-hydroxylation sites is 1. The topological polar surface area (TPSA) is 78.5 Å². The lowest BCUT2D eigenvalue weighted by Gasteiger charge is -2.28. The van der Waals surface area contributed by atoms with Crippen LogP contribution in [0.15, 0.2) is 65.5 Å². The fourth-order valence-electron chi connectivity index (χ4n) is 4.40. The molecule has 0 radical (unpaired) electrons. The van der Waals surface area contributed by atoms with E-state index in [1.165, 1.54) is 6.07 Å². The molecule has 1 amide bonds. The molecule has 0 unspecified atom stereocenters. The second kappa shape index (κ2) is 8.35. The minimum atomic E-state index is -0.249. The fourth-order valence-corrected chi connectivity index (χ4v) is 4.40. The lowest BCUT2D eigenvalue weighted by atomic mass is 10.0. The second-order valence-corrected chi connectivity index (χ2v) is 7.85. The second-order valence-electron chi connectivity index (χ2n) is 7.85. The quantitative estimate of drug-likeness (QED) is 0.707. The van der Waals surface area contributed by atoms with Crippen LogP contribution in [-0.4, -0.2) is 42.2 Å². The third-order valence-corrected chi connectivity index (χ3v) is 5.86. The lowest BCUT2D eigenvalue weighted by Crippen LogP contribution is -2.38. The van der Waals surface area contributed by atoms with Gasteiger partial charge < -0.3 is 19.5 Å². The number of benzene rings is 2. The molecular weight excluding hydrogens is 392 g/mol. The molecule has 31 heavy (non-hydrogen) atoms. The monoisotopic (exact) mass is 416 g/mol. The summed E-state index contributed by atoms with van der Waals surface area (Å²) in [6.45, 7) is 2.57. The van der Waals surface area contributed by atoms with E-state index in [0.29, 0.717) is 37.9 Å². The van der Waals surface area contributed by atoms with E-state index in [0.717, 1.165) is 23.2 Å². The summed E-state index contributed by atoms with van der Waals surface area (Å²) in [5.41, 5.74) is 2.91. The van der Waals surface area contributed by atoms with Crippen molar-refractivity contribution in [2.75, 3.05) is 36.1 Å². The Balaban J connectivity index is 1.44. The molecule has 2 aliphatic rings. The largest absolute Gasteiger partial charge is 0.378 e. The number of fused-ring (bicyclic) bond motifs is 1. The highest BCUT2D eigenvalue weighted by Gasteiger charge is 2.34. The number of hydrogen-bond acceptors (Lipinski definition) is 5. The molecule has 1 saturated heterocycles. The molecule has 0 aliphatic carbocycles. The lowest BCUT2D eigenvalue weighted by molar-refractivity contribution is -0.118. The van der Waals surface area contributed by atoms with E-state index in [4.69, 9.17) is 4.74 Å². The summed E-state index contributed by atoms with van der Waals surface area (Å²) in [4.78, 5) is 37.0. The number of ether oxygens (including phenoxy) is 1. The molecule has 0 bridgehead atoms. The first kappa shape index (κ1) is 19.5. The van der Waals surface area contributed by atoms with Crippen LogP contribution < -0.4 is 15.4 Å². The van der Waals surface area contributed by atoms with Crippen LogP contribution >= 0.6 is 0 Å². The molecule has 5 rings (SSSR count). The van der Waals surface area contributed by atoms with Gasteiger partial charge in [0, 0.05) is 24.8 Å². The zero-order valence-electron chi connectivity index (χ0n) is 17.2. The van der Waals surface area contributed by atoms with Gasteiger partial charge in [0.25, 0.3) is 5.56 Å². The Morgan fingerprint density at radius 2 is 1.81 bits per heavy atom. The third kappa shape index (κ3) is 3.96. The number of nitrogens with zero attached hydrogens (tertiary/aromatic N) is 3. The molecule has 1 aromatic heterocycles. The number of carbonyl (C=O) groups is 1. The Kier molecular flexibility index (Phi) is 5.26. The zero-order chi connectivity index (χ0) is 21.2. The molecule has 7 nitrogen and oxygen atoms in total. The van der Waals surface area contributed by atoms with Crippen LogP contribution in [0, 0.1) is 0 Å². The number of H-pyrrole nitrogens is 1. The van der Waals surface area contributed by atoms with E-state index in [1.807, 2.05) is 46.2 Å². The van der Waals surface area contributed by atoms with Gasteiger partial charge in [-0.1, -0.05) is 48.5 Å². The number of aromatic amines is 1. The molecule has 0 saturated carbocycles. The van der Waals surface area contributed by atoms with Gasteiger partial charge in [0.05, 0.1) is 25.7 Å². The minimum absolute atomic E-state index is 0.0328. The standard InChI is InChI=1S/C24H24N4O3/c29-23-16-22(27-10-12-31-13-11-27)25-21(26-23)15-24(30)28-19-9-5-4-8-18(19)14-20(28)17-6-2-1-3-7-17/h1-9,16,20H,10-15H2,(H,25,26,29)/t20-/m0/s1. The van der Waals surface area contributed by atoms with E-state index in [2.05, 4.69) is 28.2 Å². The maximum atomic E-state index is 13.5. The maximum absolute atomic E-state index is 13.5. The molecule has 1 N–H and O–H groups in total. The molecule has 1 atom stereocenters. The average Bonchev–Trinajstić information content (AvgIpc) is 3.20. The van der Waals surface area contributed by atoms with Crippen LogP contribution in [0.3, 0.4) is 0 Å². The maximum Gasteiger partial charge on any atom is 0.252 e. The molecular formula is C24H24N4O3. The highest BCUT2D eigenvalue weighted by Crippen LogP contribution is 2.40. The van der Waals surface area contributed by atoms with Gasteiger partial charge in [-0.3, -0.25) is 9.59 Å². The molecule has 3 heterocycles. The molecule has 0 spiro atoms. The summed E-state index contributed by atoms with van der Waals surface area (Å²) in [5.74, 6) is 0.896. The average molecular weight is 416 g/mol. The molecule has 2 aliphatic heterocycles. The van der Waals surface area contributed by atoms with E-state index in [-0.39, 0.29) is 23.9 Å². The van der Waals surface area contributed by atoms with Crippen LogP contribution in [0.2, 0.25) is 0 Å². The summed E-state index contributed by atoms with van der Waals surface area (Å²) >= 11 is 0. The Labute approximate surface area is 180 Å². The fraction of sp³-hybridized carbons (Fsp3) is 0.292. The predicted molar refractivity (Wildman–Crippen MR) is 118 cm³/mol. The molecule has 3 aromatic rings. The summed E-state index contributed by atoms with van der Waals surface area (Å²) in [6, 6.07) is 19.5. The van der Waals surface area contributed by atoms with Gasteiger partial charge in [0.2, 0.25) is 5.91 Å². The van der Waals surface area contributed by atoms with Gasteiger partial charge in [-0.2, -0.15) is 0 Å². The smallest absolute Gasteiger partial charge is 0.252 e. The third-order valence-electron chi connectivity index (χ3n) is 5.86. The Morgan fingerprint density at radius 3 is 2.61 bits per heavy atom. The van der Waals surface area contributed by atoms with Crippen molar-refractivity contribution >= 4 is 17.4 Å². The van der Waals surface area contributed by atoms with Gasteiger partial charge >= 0.3 is 0 Å². The van der Waals surface area contributed by atoms with E-state index < -0.39 is 0 Å². The number of nitrogens with one attached hydrogen (secondary N) is 1. The minimum Gasteiger partial charge on any atom is -0.378 e. The summed E-state index contributed by atoms with van der Waals surface area (Å²) in [5, 5.41) is 0. The van der Waals surface area contributed by atoms with Crippen LogP contribution in [-0.2, 0) is 22.4 Å². The molecule has 1 fully saturated rings. The SMILES string of the molecule is O=C(Cc1nc(N2CCOCC2)cc(=O)[nH]1)N1c2ccccc2C[C@H]1c1ccccc1. The van der Waals surface area contributed by atoms with Crippen molar-refractivity contribution in [3.63, 3.8) is 0 Å². The number of anilines is 2. The van der Waals surface area contributed by atoms with Gasteiger partial charge in [0.1, 0.15) is 11.6 Å². The summed E-state index contributed by atoms with van der Waals surface area (Å²) in [7, 11) is 0. The molecule has 158 valence electrons. The van der Waals surface area contributed by atoms with Gasteiger partial charge in [-0.15, -0.1) is 0 Å². The van der Waals surface area contributed by atoms with E-state index in [9.17, 15) is 9.59 Å². The van der Waals surface area contributed by atoms with Crippen molar-refractivity contribution in [3.05, 3.63) is 88.0 Å². The van der Waals surface area contributed by atoms with Crippen LogP contribution in [0.5, 0.6) is 0 Å². The van der Waals surface area contributed by atoms with Crippen LogP contribution in [0.25, 0.3) is 0 Å². The first-order chi connectivity index (χ1) is 15.2. The molecule has 7 heteroatoms. The number of hydrogen-bond donors (Lipinski definition) is 1. The first-order valence-electron chi connectivity index (χ1n) is 10.6. The van der Waals surface area contributed by atoms with Crippen molar-refractivity contribution in [2.45, 2.75) is 18.9 Å².